The van der Waals surface area contributed by atoms with E-state index in [1.807, 2.05) is 12.1 Å². The van der Waals surface area contributed by atoms with E-state index in [4.69, 9.17) is 19.9 Å². The largest absolute Gasteiger partial charge is 0.496 e. The van der Waals surface area contributed by atoms with Gasteiger partial charge in [-0.05, 0) is 6.42 Å². The summed E-state index contributed by atoms with van der Waals surface area (Å²) in [6.45, 7) is 3.56. The molecule has 6 heteroatoms. The predicted molar refractivity (Wildman–Crippen MR) is 82.3 cm³/mol. The number of nitrogens with two attached hydrogens (primary N) is 1. The third kappa shape index (κ3) is 2.84. The van der Waals surface area contributed by atoms with Crippen molar-refractivity contribution >= 4 is 5.96 Å². The second-order valence-electron chi connectivity index (χ2n) is 4.85. The second-order valence-corrected chi connectivity index (χ2v) is 4.85. The third-order valence-corrected chi connectivity index (χ3v) is 3.65. The maximum absolute atomic E-state index is 6.00. The van der Waals surface area contributed by atoms with Crippen molar-refractivity contribution in [1.82, 2.24) is 4.90 Å². The van der Waals surface area contributed by atoms with Crippen LogP contribution in [0.5, 0.6) is 17.2 Å². The van der Waals surface area contributed by atoms with Gasteiger partial charge in [-0.15, -0.1) is 0 Å². The molecule has 1 unspecified atom stereocenters. The molecule has 2 N–H and O–H groups in total. The van der Waals surface area contributed by atoms with Gasteiger partial charge in [-0.2, -0.15) is 0 Å². The van der Waals surface area contributed by atoms with E-state index < -0.39 is 0 Å². The number of benzene rings is 1. The van der Waals surface area contributed by atoms with Crippen LogP contribution in [0.3, 0.4) is 0 Å². The first kappa shape index (κ1) is 15.3. The van der Waals surface area contributed by atoms with Crippen LogP contribution in [-0.2, 0) is 0 Å². The van der Waals surface area contributed by atoms with E-state index in [0.717, 1.165) is 30.0 Å². The van der Waals surface area contributed by atoms with Gasteiger partial charge >= 0.3 is 0 Å². The molecule has 0 radical (unpaired) electrons. The topological polar surface area (TPSA) is 69.3 Å². The summed E-state index contributed by atoms with van der Waals surface area (Å²) >= 11 is 0. The minimum Gasteiger partial charge on any atom is -0.496 e. The van der Waals surface area contributed by atoms with Gasteiger partial charge in [-0.3, -0.25) is 4.99 Å². The molecule has 1 aliphatic rings. The Hall–Kier alpha value is -2.11. The second kappa shape index (κ2) is 6.56. The molecule has 1 aromatic rings. The fourth-order valence-electron chi connectivity index (χ4n) is 2.65. The zero-order chi connectivity index (χ0) is 15.4. The van der Waals surface area contributed by atoms with Crippen molar-refractivity contribution in [2.45, 2.75) is 19.4 Å². The van der Waals surface area contributed by atoms with Gasteiger partial charge in [-0.1, -0.05) is 6.92 Å². The van der Waals surface area contributed by atoms with Crippen LogP contribution in [0.15, 0.2) is 17.1 Å². The highest BCUT2D eigenvalue weighted by Crippen LogP contribution is 2.41. The lowest BCUT2D eigenvalue weighted by Gasteiger charge is -2.28. The smallest absolute Gasteiger partial charge is 0.191 e. The first-order chi connectivity index (χ1) is 10.2. The van der Waals surface area contributed by atoms with E-state index in [1.165, 1.54) is 0 Å². The summed E-state index contributed by atoms with van der Waals surface area (Å²) in [5.74, 6) is 2.72. The standard InChI is InChI=1S/C15H23N3O3/c1-5-6-18-11(9-17-15(18)16)14-12(20-3)7-10(19-2)8-13(14)21-4/h7-8,11H,5-6,9H2,1-4H3,(H2,16,17). The summed E-state index contributed by atoms with van der Waals surface area (Å²) in [5, 5.41) is 0. The molecule has 0 saturated carbocycles. The van der Waals surface area contributed by atoms with Crippen LogP contribution in [0.25, 0.3) is 0 Å². The minimum absolute atomic E-state index is 0.0285. The monoisotopic (exact) mass is 293 g/mol. The average molecular weight is 293 g/mol. The summed E-state index contributed by atoms with van der Waals surface area (Å²) in [7, 11) is 4.90. The molecule has 1 aromatic carbocycles. The Bertz CT molecular complexity index is 506. The van der Waals surface area contributed by atoms with Gasteiger partial charge in [0.1, 0.15) is 17.2 Å². The molecule has 0 aromatic heterocycles. The molecule has 0 bridgehead atoms. The van der Waals surface area contributed by atoms with E-state index in [0.29, 0.717) is 18.3 Å². The Morgan fingerprint density at radius 2 is 1.81 bits per heavy atom. The van der Waals surface area contributed by atoms with Crippen molar-refractivity contribution in [3.05, 3.63) is 17.7 Å². The molecule has 1 heterocycles. The molecule has 0 amide bonds. The molecule has 21 heavy (non-hydrogen) atoms. The maximum Gasteiger partial charge on any atom is 0.191 e. The number of hydrogen-bond donors (Lipinski definition) is 1. The maximum atomic E-state index is 6.00. The van der Waals surface area contributed by atoms with Crippen LogP contribution < -0.4 is 19.9 Å². The number of ether oxygens (including phenoxy) is 3. The fraction of sp³-hybridized carbons (Fsp3) is 0.533. The Labute approximate surface area is 125 Å². The normalized spacial score (nSPS) is 17.6. The molecule has 0 saturated heterocycles. The van der Waals surface area contributed by atoms with Gasteiger partial charge in [0, 0.05) is 18.7 Å². The van der Waals surface area contributed by atoms with Crippen molar-refractivity contribution < 1.29 is 14.2 Å². The highest BCUT2D eigenvalue weighted by atomic mass is 16.5. The highest BCUT2D eigenvalue weighted by molar-refractivity contribution is 5.81. The molecule has 0 aliphatic carbocycles. The van der Waals surface area contributed by atoms with E-state index >= 15 is 0 Å². The van der Waals surface area contributed by atoms with Crippen molar-refractivity contribution in [3.63, 3.8) is 0 Å². The molecule has 116 valence electrons. The first-order valence-electron chi connectivity index (χ1n) is 7.02. The van der Waals surface area contributed by atoms with Gasteiger partial charge < -0.3 is 24.8 Å². The zero-order valence-electron chi connectivity index (χ0n) is 13.0. The minimum atomic E-state index is 0.0285. The van der Waals surface area contributed by atoms with Gasteiger partial charge in [0.05, 0.1) is 39.5 Å². The van der Waals surface area contributed by atoms with Gasteiger partial charge in [0.15, 0.2) is 5.96 Å². The van der Waals surface area contributed by atoms with Crippen LogP contribution in [-0.4, -0.2) is 45.3 Å². The molecule has 6 nitrogen and oxygen atoms in total. The fourth-order valence-corrected chi connectivity index (χ4v) is 2.65. The molecule has 1 aliphatic heterocycles. The Kier molecular flexibility index (Phi) is 4.77. The highest BCUT2D eigenvalue weighted by Gasteiger charge is 2.32. The Morgan fingerprint density at radius 1 is 1.19 bits per heavy atom. The van der Waals surface area contributed by atoms with E-state index in [2.05, 4.69) is 16.8 Å². The van der Waals surface area contributed by atoms with Crippen molar-refractivity contribution in [3.8, 4) is 17.2 Å². The van der Waals surface area contributed by atoms with Gasteiger partial charge in [0.25, 0.3) is 0 Å². The summed E-state index contributed by atoms with van der Waals surface area (Å²) in [4.78, 5) is 6.46. The third-order valence-electron chi connectivity index (χ3n) is 3.65. The van der Waals surface area contributed by atoms with Crippen molar-refractivity contribution in [2.75, 3.05) is 34.4 Å². The molecule has 1 atom stereocenters. The summed E-state index contributed by atoms with van der Waals surface area (Å²) in [6.07, 6.45) is 0.994. The summed E-state index contributed by atoms with van der Waals surface area (Å²) < 4.78 is 16.3. The van der Waals surface area contributed by atoms with Crippen LogP contribution >= 0.6 is 0 Å². The summed E-state index contributed by atoms with van der Waals surface area (Å²) in [6, 6.07) is 3.74. The number of nitrogens with zero attached hydrogens (tertiary/aromatic N) is 2. The molecule has 0 spiro atoms. The predicted octanol–water partition coefficient (Wildman–Crippen LogP) is 1.79. The number of rotatable bonds is 6. The number of guanidine groups is 1. The summed E-state index contributed by atoms with van der Waals surface area (Å²) in [5.41, 5.74) is 6.96. The van der Waals surface area contributed by atoms with E-state index in [1.54, 1.807) is 21.3 Å². The van der Waals surface area contributed by atoms with Crippen LogP contribution in [0.1, 0.15) is 24.9 Å². The zero-order valence-corrected chi connectivity index (χ0v) is 13.0. The molecule has 0 fully saturated rings. The van der Waals surface area contributed by atoms with Crippen LogP contribution in [0, 0.1) is 0 Å². The lowest BCUT2D eigenvalue weighted by molar-refractivity contribution is 0.311. The van der Waals surface area contributed by atoms with E-state index in [9.17, 15) is 0 Å². The molecule has 2 rings (SSSR count). The first-order valence-corrected chi connectivity index (χ1v) is 7.02. The molecular weight excluding hydrogens is 270 g/mol. The van der Waals surface area contributed by atoms with Gasteiger partial charge in [0.2, 0.25) is 0 Å². The van der Waals surface area contributed by atoms with Gasteiger partial charge in [-0.25, -0.2) is 0 Å². The average Bonchev–Trinajstić information content (AvgIpc) is 2.87. The van der Waals surface area contributed by atoms with Crippen molar-refractivity contribution in [2.24, 2.45) is 10.7 Å². The lowest BCUT2D eigenvalue weighted by atomic mass is 10.0. The lowest BCUT2D eigenvalue weighted by Crippen LogP contribution is -2.36. The number of methoxy groups -OCH3 is 3. The van der Waals surface area contributed by atoms with E-state index in [-0.39, 0.29) is 6.04 Å². The molecular formula is C15H23N3O3. The van der Waals surface area contributed by atoms with Crippen LogP contribution in [0.4, 0.5) is 0 Å². The Morgan fingerprint density at radius 3 is 2.29 bits per heavy atom. The van der Waals surface area contributed by atoms with Crippen LogP contribution in [0.2, 0.25) is 0 Å². The quantitative estimate of drug-likeness (QED) is 0.866. The Balaban J connectivity index is 2.47. The number of hydrogen-bond acceptors (Lipinski definition) is 6. The number of aliphatic imine (C=N–C) groups is 1. The SMILES string of the molecule is CCCN1C(N)=NCC1c1c(OC)cc(OC)cc1OC. The van der Waals surface area contributed by atoms with Crippen molar-refractivity contribution in [1.29, 1.82) is 0 Å².